The molecule has 1 amide bonds. The van der Waals surface area contributed by atoms with Crippen molar-refractivity contribution in [1.82, 2.24) is 5.32 Å². The molecule has 0 unspecified atom stereocenters. The van der Waals surface area contributed by atoms with E-state index in [-0.39, 0.29) is 0 Å². The Labute approximate surface area is 114 Å². The molecule has 1 heterocycles. The fourth-order valence-electron chi connectivity index (χ4n) is 2.12. The normalized spacial score (nSPS) is 19.7. The third-order valence-electron chi connectivity index (χ3n) is 3.03. The van der Waals surface area contributed by atoms with Gasteiger partial charge in [0.15, 0.2) is 6.10 Å². The van der Waals surface area contributed by atoms with Crippen LogP contribution in [0, 0.1) is 0 Å². The molecule has 0 aromatic heterocycles. The van der Waals surface area contributed by atoms with Gasteiger partial charge in [-0.25, -0.2) is 14.4 Å². The van der Waals surface area contributed by atoms with E-state index in [2.05, 4.69) is 14.8 Å². The number of esters is 2. The van der Waals surface area contributed by atoms with E-state index in [4.69, 9.17) is 4.74 Å². The van der Waals surface area contributed by atoms with Gasteiger partial charge in [-0.15, -0.1) is 0 Å². The minimum atomic E-state index is -2.04. The largest absolute Gasteiger partial charge is 0.467 e. The van der Waals surface area contributed by atoms with Crippen LogP contribution < -0.4 is 5.32 Å². The molecule has 2 rings (SSSR count). The van der Waals surface area contributed by atoms with Gasteiger partial charge in [0.1, 0.15) is 0 Å². The first-order chi connectivity index (χ1) is 9.56. The Bertz CT molecular complexity index is 525. The first kappa shape index (κ1) is 13.9. The molecule has 0 saturated carbocycles. The lowest BCUT2D eigenvalue weighted by Crippen LogP contribution is -2.59. The number of carbonyl (C=O) groups is 3. The van der Waals surface area contributed by atoms with Gasteiger partial charge >= 0.3 is 18.0 Å². The van der Waals surface area contributed by atoms with E-state index in [1.165, 1.54) is 0 Å². The van der Waals surface area contributed by atoms with Crippen LogP contribution in [0.1, 0.15) is 11.7 Å². The summed E-state index contributed by atoms with van der Waals surface area (Å²) < 4.78 is 14.3. The Balaban J connectivity index is 2.55. The van der Waals surface area contributed by atoms with Crippen LogP contribution in [0.2, 0.25) is 0 Å². The van der Waals surface area contributed by atoms with Crippen LogP contribution >= 0.6 is 0 Å². The summed E-state index contributed by atoms with van der Waals surface area (Å²) in [6, 6.07) is 8.41. The second-order valence-corrected chi connectivity index (χ2v) is 4.11. The van der Waals surface area contributed by atoms with Gasteiger partial charge in [0.25, 0.3) is 5.54 Å². The Morgan fingerprint density at radius 1 is 1.15 bits per heavy atom. The molecule has 1 atom stereocenters. The van der Waals surface area contributed by atoms with E-state index >= 15 is 0 Å². The maximum atomic E-state index is 12.0. The molecule has 1 aliphatic rings. The van der Waals surface area contributed by atoms with Crippen molar-refractivity contribution in [2.45, 2.75) is 11.6 Å². The second-order valence-electron chi connectivity index (χ2n) is 4.11. The van der Waals surface area contributed by atoms with Gasteiger partial charge in [-0.1, -0.05) is 30.3 Å². The summed E-state index contributed by atoms with van der Waals surface area (Å²) >= 11 is 0. The van der Waals surface area contributed by atoms with Crippen LogP contribution in [-0.4, -0.2) is 37.8 Å². The lowest BCUT2D eigenvalue weighted by molar-refractivity contribution is -0.165. The Morgan fingerprint density at radius 2 is 1.70 bits per heavy atom. The molecule has 1 aliphatic heterocycles. The molecule has 1 aromatic carbocycles. The number of carbonyl (C=O) groups excluding carboxylic acids is 3. The Kier molecular flexibility index (Phi) is 3.60. The van der Waals surface area contributed by atoms with E-state index in [0.717, 1.165) is 14.2 Å². The van der Waals surface area contributed by atoms with Crippen LogP contribution in [-0.2, 0) is 23.8 Å². The summed E-state index contributed by atoms with van der Waals surface area (Å²) in [4.78, 5) is 35.6. The third kappa shape index (κ3) is 1.97. The average Bonchev–Trinajstić information content (AvgIpc) is 2.85. The Hall–Kier alpha value is -2.57. The highest BCUT2D eigenvalue weighted by Crippen LogP contribution is 2.36. The molecule has 7 nitrogen and oxygen atoms in total. The van der Waals surface area contributed by atoms with Crippen molar-refractivity contribution in [3.05, 3.63) is 35.9 Å². The molecule has 0 aliphatic carbocycles. The van der Waals surface area contributed by atoms with Crippen molar-refractivity contribution in [3.63, 3.8) is 0 Å². The van der Waals surface area contributed by atoms with Crippen LogP contribution in [0.15, 0.2) is 30.3 Å². The third-order valence-corrected chi connectivity index (χ3v) is 3.03. The highest BCUT2D eigenvalue weighted by molar-refractivity contribution is 6.09. The molecule has 1 N–H and O–H groups in total. The van der Waals surface area contributed by atoms with E-state index in [0.29, 0.717) is 5.56 Å². The number of ether oxygens (including phenoxy) is 3. The van der Waals surface area contributed by atoms with Crippen molar-refractivity contribution in [2.75, 3.05) is 14.2 Å². The van der Waals surface area contributed by atoms with Gasteiger partial charge in [0.05, 0.1) is 14.2 Å². The standard InChI is InChI=1S/C13H13NO6/c1-18-10(15)13(11(16)19-2)9(20-12(17)14-13)8-6-4-3-5-7-8/h3-7,9H,1-2H3,(H,14,17)/t9-/m0/s1. The highest BCUT2D eigenvalue weighted by atomic mass is 16.6. The predicted octanol–water partition coefficient (Wildman–Crippen LogP) is 0.552. The van der Waals surface area contributed by atoms with Gasteiger partial charge in [-0.2, -0.15) is 0 Å². The van der Waals surface area contributed by atoms with Gasteiger partial charge in [0, 0.05) is 0 Å². The number of hydrogen-bond acceptors (Lipinski definition) is 6. The minimum Gasteiger partial charge on any atom is -0.467 e. The smallest absolute Gasteiger partial charge is 0.409 e. The minimum absolute atomic E-state index is 0.474. The number of alkyl carbamates (subject to hydrolysis) is 1. The SMILES string of the molecule is COC(=O)C1(C(=O)OC)NC(=O)O[C@H]1c1ccccc1. The maximum Gasteiger partial charge on any atom is 0.409 e. The summed E-state index contributed by atoms with van der Waals surface area (Å²) in [6.45, 7) is 0. The number of nitrogens with one attached hydrogen (secondary N) is 1. The molecule has 0 bridgehead atoms. The molecule has 7 heteroatoms. The fraction of sp³-hybridized carbons (Fsp3) is 0.308. The summed E-state index contributed by atoms with van der Waals surface area (Å²) in [6.07, 6.45) is -2.05. The first-order valence-electron chi connectivity index (χ1n) is 5.76. The number of methoxy groups -OCH3 is 2. The average molecular weight is 279 g/mol. The molecule has 1 saturated heterocycles. The van der Waals surface area contributed by atoms with Crippen LogP contribution in [0.25, 0.3) is 0 Å². The molecule has 20 heavy (non-hydrogen) atoms. The Morgan fingerprint density at radius 3 is 2.20 bits per heavy atom. The van der Waals surface area contributed by atoms with E-state index in [1.807, 2.05) is 0 Å². The molecule has 1 fully saturated rings. The molecule has 0 spiro atoms. The zero-order valence-corrected chi connectivity index (χ0v) is 10.9. The molecule has 1 aromatic rings. The summed E-state index contributed by atoms with van der Waals surface area (Å²) in [5, 5.41) is 2.21. The summed E-state index contributed by atoms with van der Waals surface area (Å²) in [5.41, 5.74) is -1.57. The molecular weight excluding hydrogens is 266 g/mol. The zero-order valence-electron chi connectivity index (χ0n) is 10.9. The van der Waals surface area contributed by atoms with Gasteiger partial charge in [-0.3, -0.25) is 5.32 Å². The van der Waals surface area contributed by atoms with Crippen LogP contribution in [0.4, 0.5) is 4.79 Å². The number of amides is 1. The first-order valence-corrected chi connectivity index (χ1v) is 5.76. The number of cyclic esters (lactones) is 1. The highest BCUT2D eigenvalue weighted by Gasteiger charge is 2.63. The van der Waals surface area contributed by atoms with E-state index in [9.17, 15) is 14.4 Å². The van der Waals surface area contributed by atoms with Crippen LogP contribution in [0.3, 0.4) is 0 Å². The molecular formula is C13H13NO6. The van der Waals surface area contributed by atoms with E-state index in [1.54, 1.807) is 30.3 Å². The number of rotatable bonds is 3. The predicted molar refractivity (Wildman–Crippen MR) is 65.6 cm³/mol. The zero-order chi connectivity index (χ0) is 14.8. The van der Waals surface area contributed by atoms with Gasteiger partial charge in [-0.05, 0) is 5.56 Å². The summed E-state index contributed by atoms with van der Waals surface area (Å²) in [7, 11) is 2.22. The van der Waals surface area contributed by atoms with Crippen molar-refractivity contribution < 1.29 is 28.6 Å². The van der Waals surface area contributed by atoms with Crippen LogP contribution in [0.5, 0.6) is 0 Å². The monoisotopic (exact) mass is 279 g/mol. The lowest BCUT2D eigenvalue weighted by Gasteiger charge is -2.26. The number of benzene rings is 1. The lowest BCUT2D eigenvalue weighted by atomic mass is 9.88. The quantitative estimate of drug-likeness (QED) is 0.493. The summed E-state index contributed by atoms with van der Waals surface area (Å²) in [5.74, 6) is -1.91. The molecule has 0 radical (unpaired) electrons. The second kappa shape index (κ2) is 5.20. The van der Waals surface area contributed by atoms with Crippen molar-refractivity contribution >= 4 is 18.0 Å². The fourth-order valence-corrected chi connectivity index (χ4v) is 2.12. The van der Waals surface area contributed by atoms with Gasteiger partial charge in [0.2, 0.25) is 0 Å². The van der Waals surface area contributed by atoms with Gasteiger partial charge < -0.3 is 14.2 Å². The number of hydrogen-bond donors (Lipinski definition) is 1. The van der Waals surface area contributed by atoms with E-state index < -0.39 is 29.7 Å². The van der Waals surface area contributed by atoms with Crippen molar-refractivity contribution in [2.24, 2.45) is 0 Å². The van der Waals surface area contributed by atoms with Crippen molar-refractivity contribution in [3.8, 4) is 0 Å². The topological polar surface area (TPSA) is 90.9 Å². The van der Waals surface area contributed by atoms with Crippen molar-refractivity contribution in [1.29, 1.82) is 0 Å². The molecule has 106 valence electrons. The maximum absolute atomic E-state index is 12.0.